The van der Waals surface area contributed by atoms with Crippen LogP contribution < -0.4 is 10.0 Å². The molecular formula is C14H21FN2O2S. The second-order valence-electron chi connectivity index (χ2n) is 5.56. The summed E-state index contributed by atoms with van der Waals surface area (Å²) < 4.78 is 41.1. The molecule has 4 nitrogen and oxygen atoms in total. The highest BCUT2D eigenvalue weighted by Crippen LogP contribution is 2.33. The fraction of sp³-hybridized carbons (Fsp3) is 0.571. The fourth-order valence-electron chi connectivity index (χ4n) is 2.33. The van der Waals surface area contributed by atoms with E-state index in [9.17, 15) is 12.8 Å². The van der Waals surface area contributed by atoms with Gasteiger partial charge in [0.15, 0.2) is 0 Å². The highest BCUT2D eigenvalue weighted by atomic mass is 32.2. The average Bonchev–Trinajstić information content (AvgIpc) is 2.33. The van der Waals surface area contributed by atoms with Crippen molar-refractivity contribution in [1.29, 1.82) is 0 Å². The quantitative estimate of drug-likeness (QED) is 0.846. The van der Waals surface area contributed by atoms with Crippen LogP contribution in [0.5, 0.6) is 0 Å². The predicted octanol–water partition coefficient (Wildman–Crippen LogP) is 2.16. The summed E-state index contributed by atoms with van der Waals surface area (Å²) in [5.74, 6) is -0.698. The van der Waals surface area contributed by atoms with E-state index in [-0.39, 0.29) is 4.90 Å². The number of benzene rings is 1. The molecule has 0 saturated heterocycles. The average molecular weight is 300 g/mol. The molecule has 0 radical (unpaired) electrons. The molecule has 2 rings (SSSR count). The minimum absolute atomic E-state index is 0.272. The molecule has 1 aliphatic rings. The molecule has 20 heavy (non-hydrogen) atoms. The molecule has 0 aliphatic heterocycles. The smallest absolute Gasteiger partial charge is 0.243 e. The number of halogens is 1. The molecule has 6 heteroatoms. The van der Waals surface area contributed by atoms with Crippen molar-refractivity contribution in [2.75, 3.05) is 6.54 Å². The van der Waals surface area contributed by atoms with Gasteiger partial charge in [-0.1, -0.05) is 13.0 Å². The Morgan fingerprint density at radius 1 is 1.35 bits per heavy atom. The van der Waals surface area contributed by atoms with E-state index in [4.69, 9.17) is 0 Å². The number of hydrogen-bond donors (Lipinski definition) is 2. The molecule has 0 unspecified atom stereocenters. The first-order chi connectivity index (χ1) is 9.36. The molecular weight excluding hydrogens is 279 g/mol. The molecule has 0 atom stereocenters. The number of hydrogen-bond acceptors (Lipinski definition) is 3. The van der Waals surface area contributed by atoms with Crippen molar-refractivity contribution < 1.29 is 12.8 Å². The van der Waals surface area contributed by atoms with E-state index in [1.807, 2.05) is 13.8 Å². The van der Waals surface area contributed by atoms with Gasteiger partial charge in [0, 0.05) is 12.1 Å². The lowest BCUT2D eigenvalue weighted by Gasteiger charge is -2.38. The van der Waals surface area contributed by atoms with Crippen LogP contribution in [0.1, 0.15) is 38.7 Å². The molecule has 1 aromatic rings. The van der Waals surface area contributed by atoms with Crippen LogP contribution in [0.15, 0.2) is 23.1 Å². The third-order valence-corrected chi connectivity index (χ3v) is 5.37. The summed E-state index contributed by atoms with van der Waals surface area (Å²) >= 11 is 0. The van der Waals surface area contributed by atoms with Crippen molar-refractivity contribution in [2.45, 2.75) is 50.1 Å². The Labute approximate surface area is 119 Å². The van der Waals surface area contributed by atoms with Crippen LogP contribution in [0.25, 0.3) is 0 Å². The summed E-state index contributed by atoms with van der Waals surface area (Å²) in [6.45, 7) is 5.12. The second kappa shape index (κ2) is 5.79. The van der Waals surface area contributed by atoms with E-state index in [1.54, 1.807) is 6.07 Å². The Bertz CT molecular complexity index is 583. The highest BCUT2D eigenvalue weighted by molar-refractivity contribution is 7.89. The van der Waals surface area contributed by atoms with Crippen molar-refractivity contribution in [3.63, 3.8) is 0 Å². The van der Waals surface area contributed by atoms with Gasteiger partial charge in [-0.05, 0) is 50.4 Å². The number of sulfonamides is 1. The van der Waals surface area contributed by atoms with Gasteiger partial charge in [-0.3, -0.25) is 0 Å². The van der Waals surface area contributed by atoms with Gasteiger partial charge in [0.05, 0.1) is 0 Å². The third kappa shape index (κ3) is 3.37. The summed E-state index contributed by atoms with van der Waals surface area (Å²) in [5.41, 5.74) is 0.311. The van der Waals surface area contributed by atoms with Crippen LogP contribution in [0.2, 0.25) is 0 Å². The maximum atomic E-state index is 14.0. The van der Waals surface area contributed by atoms with E-state index in [2.05, 4.69) is 10.0 Å². The number of nitrogens with one attached hydrogen (secondary N) is 2. The molecule has 0 spiro atoms. The maximum absolute atomic E-state index is 14.0. The van der Waals surface area contributed by atoms with E-state index in [0.29, 0.717) is 6.54 Å². The normalized spacial score (nSPS) is 17.8. The lowest BCUT2D eigenvalue weighted by Crippen LogP contribution is -2.50. The summed E-state index contributed by atoms with van der Waals surface area (Å²) in [6.07, 6.45) is 2.60. The van der Waals surface area contributed by atoms with Gasteiger partial charge in [-0.2, -0.15) is 0 Å². The Morgan fingerprint density at radius 3 is 2.55 bits per heavy atom. The molecule has 1 aromatic carbocycles. The highest BCUT2D eigenvalue weighted by Gasteiger charge is 2.36. The fourth-order valence-corrected chi connectivity index (χ4v) is 3.86. The monoisotopic (exact) mass is 300 g/mol. The first kappa shape index (κ1) is 15.4. The predicted molar refractivity (Wildman–Crippen MR) is 76.4 cm³/mol. The lowest BCUT2D eigenvalue weighted by molar-refractivity contribution is 0.247. The molecule has 2 N–H and O–H groups in total. The number of rotatable bonds is 6. The first-order valence-corrected chi connectivity index (χ1v) is 8.38. The van der Waals surface area contributed by atoms with E-state index < -0.39 is 21.4 Å². The minimum Gasteiger partial charge on any atom is -0.313 e. The Kier molecular flexibility index (Phi) is 4.46. The second-order valence-corrected chi connectivity index (χ2v) is 7.22. The van der Waals surface area contributed by atoms with Crippen molar-refractivity contribution in [3.8, 4) is 0 Å². The summed E-state index contributed by atoms with van der Waals surface area (Å²) in [6, 6.07) is 4.26. The molecule has 1 fully saturated rings. The van der Waals surface area contributed by atoms with Gasteiger partial charge >= 0.3 is 0 Å². The van der Waals surface area contributed by atoms with Gasteiger partial charge in [0.1, 0.15) is 10.7 Å². The minimum atomic E-state index is -3.79. The summed E-state index contributed by atoms with van der Waals surface area (Å²) in [7, 11) is -3.79. The molecule has 0 amide bonds. The van der Waals surface area contributed by atoms with Crippen LogP contribution in [0, 0.1) is 5.82 Å². The van der Waals surface area contributed by atoms with Crippen LogP contribution in [0.4, 0.5) is 4.39 Å². The van der Waals surface area contributed by atoms with Crippen molar-refractivity contribution in [2.24, 2.45) is 0 Å². The Balaban J connectivity index is 2.19. The largest absolute Gasteiger partial charge is 0.313 e. The van der Waals surface area contributed by atoms with Gasteiger partial charge < -0.3 is 5.32 Å². The van der Waals surface area contributed by atoms with E-state index in [0.717, 1.165) is 31.4 Å². The van der Waals surface area contributed by atoms with Crippen LogP contribution in [-0.2, 0) is 16.6 Å². The molecule has 1 saturated carbocycles. The van der Waals surface area contributed by atoms with Crippen molar-refractivity contribution in [3.05, 3.63) is 29.6 Å². The van der Waals surface area contributed by atoms with Crippen molar-refractivity contribution >= 4 is 10.0 Å². The van der Waals surface area contributed by atoms with Gasteiger partial charge in [-0.25, -0.2) is 17.5 Å². The van der Waals surface area contributed by atoms with Crippen LogP contribution in [0.3, 0.4) is 0 Å². The van der Waals surface area contributed by atoms with Crippen LogP contribution >= 0.6 is 0 Å². The zero-order chi connectivity index (χ0) is 14.8. The van der Waals surface area contributed by atoms with E-state index >= 15 is 0 Å². The standard InChI is InChI=1S/C14H21FN2O2S/c1-3-16-10-11-5-6-13(12(15)9-11)20(18,19)17-14(2)7-4-8-14/h5-6,9,16-17H,3-4,7-8,10H2,1-2H3. The summed E-state index contributed by atoms with van der Waals surface area (Å²) in [4.78, 5) is -0.272. The topological polar surface area (TPSA) is 58.2 Å². The van der Waals surface area contributed by atoms with Crippen molar-refractivity contribution in [1.82, 2.24) is 10.0 Å². The van der Waals surface area contributed by atoms with Gasteiger partial charge in [-0.15, -0.1) is 0 Å². The molecule has 112 valence electrons. The van der Waals surface area contributed by atoms with Gasteiger partial charge in [0.2, 0.25) is 10.0 Å². The zero-order valence-corrected chi connectivity index (χ0v) is 12.7. The molecule has 1 aliphatic carbocycles. The third-order valence-electron chi connectivity index (χ3n) is 3.70. The molecule has 0 heterocycles. The first-order valence-electron chi connectivity index (χ1n) is 6.89. The Morgan fingerprint density at radius 2 is 2.05 bits per heavy atom. The molecule has 0 aromatic heterocycles. The maximum Gasteiger partial charge on any atom is 0.243 e. The van der Waals surface area contributed by atoms with E-state index in [1.165, 1.54) is 12.1 Å². The van der Waals surface area contributed by atoms with Gasteiger partial charge in [0.25, 0.3) is 0 Å². The lowest BCUT2D eigenvalue weighted by atomic mass is 9.80. The summed E-state index contributed by atoms with van der Waals surface area (Å²) in [5, 5.41) is 3.07. The zero-order valence-electron chi connectivity index (χ0n) is 11.9. The SMILES string of the molecule is CCNCc1ccc(S(=O)(=O)NC2(C)CCC2)c(F)c1. The van der Waals surface area contributed by atoms with Crippen LogP contribution in [-0.4, -0.2) is 20.5 Å². The molecule has 0 bridgehead atoms. The Hall–Kier alpha value is -0.980.